The smallest absolute Gasteiger partial charge is 0.338 e. The zero-order valence-electron chi connectivity index (χ0n) is 15.1. The molecule has 1 heterocycles. The van der Waals surface area contributed by atoms with Crippen LogP contribution in [-0.2, 0) is 22.5 Å². The summed E-state index contributed by atoms with van der Waals surface area (Å²) < 4.78 is 6.67. The van der Waals surface area contributed by atoms with Crippen molar-refractivity contribution in [3.05, 3.63) is 51.5 Å². The summed E-state index contributed by atoms with van der Waals surface area (Å²) in [4.78, 5) is 25.1. The van der Waals surface area contributed by atoms with Gasteiger partial charge in [-0.05, 0) is 27.7 Å². The molecule has 1 aromatic rings. The topological polar surface area (TPSA) is 68.5 Å². The van der Waals surface area contributed by atoms with E-state index in [-0.39, 0.29) is 12.2 Å². The van der Waals surface area contributed by atoms with Crippen molar-refractivity contribution >= 4 is 11.5 Å². The molecule has 0 amide bonds. The third-order valence-electron chi connectivity index (χ3n) is 3.80. The highest BCUT2D eigenvalue weighted by Crippen LogP contribution is 2.34. The molecule has 1 aliphatic rings. The lowest BCUT2D eigenvalue weighted by atomic mass is 10.00. The largest absolute Gasteiger partial charge is 0.462 e. The van der Waals surface area contributed by atoms with Gasteiger partial charge in [-0.3, -0.25) is 4.79 Å². The van der Waals surface area contributed by atoms with E-state index in [2.05, 4.69) is 18.4 Å². The molecule has 0 aliphatic heterocycles. The van der Waals surface area contributed by atoms with Crippen molar-refractivity contribution in [3.8, 4) is 11.8 Å². The molecule has 0 spiro atoms. The van der Waals surface area contributed by atoms with Crippen LogP contribution in [0.4, 0.5) is 0 Å². The number of pyridine rings is 1. The van der Waals surface area contributed by atoms with Gasteiger partial charge in [-0.25, -0.2) is 4.79 Å². The maximum Gasteiger partial charge on any atom is 0.338 e. The number of hydrogen-bond acceptors (Lipinski definition) is 4. The summed E-state index contributed by atoms with van der Waals surface area (Å²) in [6, 6.07) is 0. The quantitative estimate of drug-likeness (QED) is 0.517. The predicted octanol–water partition coefficient (Wildman–Crippen LogP) is 2.05. The molecule has 5 nitrogen and oxygen atoms in total. The second kappa shape index (κ2) is 7.12. The Kier molecular flexibility index (Phi) is 5.34. The highest BCUT2D eigenvalue weighted by molar-refractivity contribution is 6.19. The lowest BCUT2D eigenvalue weighted by molar-refractivity contribution is -0.136. The Hall–Kier alpha value is -2.58. The lowest BCUT2D eigenvalue weighted by Gasteiger charge is -2.12. The van der Waals surface area contributed by atoms with Crippen LogP contribution >= 0.6 is 0 Å². The third-order valence-corrected chi connectivity index (χ3v) is 3.80. The molecule has 0 atom stereocenters. The molecular weight excluding hydrogens is 318 g/mol. The number of ether oxygens (including phenoxy) is 1. The fourth-order valence-electron chi connectivity index (χ4n) is 2.81. The number of hydrogen-bond donors (Lipinski definition) is 1. The van der Waals surface area contributed by atoms with E-state index in [0.29, 0.717) is 35.2 Å². The van der Waals surface area contributed by atoms with Gasteiger partial charge in [-0.2, -0.15) is 0 Å². The normalized spacial score (nSPS) is 13.2. The van der Waals surface area contributed by atoms with Crippen LogP contribution in [0.15, 0.2) is 29.2 Å². The molecule has 25 heavy (non-hydrogen) atoms. The van der Waals surface area contributed by atoms with Gasteiger partial charge in [0.1, 0.15) is 5.60 Å². The van der Waals surface area contributed by atoms with Crippen LogP contribution in [-0.4, -0.2) is 27.9 Å². The zero-order chi connectivity index (χ0) is 18.8. The number of carbonyl (C=O) groups is 1. The summed E-state index contributed by atoms with van der Waals surface area (Å²) in [6.45, 7) is 11.0. The molecule has 0 aromatic carbocycles. The fourth-order valence-corrected chi connectivity index (χ4v) is 2.81. The predicted molar refractivity (Wildman–Crippen MR) is 97.0 cm³/mol. The Bertz CT molecular complexity index is 870. The third kappa shape index (κ3) is 3.92. The average Bonchev–Trinajstić information content (AvgIpc) is 2.86. The zero-order valence-corrected chi connectivity index (χ0v) is 15.1. The first-order valence-electron chi connectivity index (χ1n) is 8.19. The van der Waals surface area contributed by atoms with E-state index in [1.165, 1.54) is 4.57 Å². The summed E-state index contributed by atoms with van der Waals surface area (Å²) in [6.07, 6.45) is 3.62. The van der Waals surface area contributed by atoms with Crippen molar-refractivity contribution in [2.45, 2.75) is 46.3 Å². The molecule has 0 bridgehead atoms. The van der Waals surface area contributed by atoms with Gasteiger partial charge in [-0.15, -0.1) is 6.58 Å². The number of esters is 1. The van der Waals surface area contributed by atoms with Gasteiger partial charge >= 0.3 is 5.97 Å². The van der Waals surface area contributed by atoms with Crippen molar-refractivity contribution in [2.24, 2.45) is 0 Å². The fraction of sp³-hybridized carbons (Fsp3) is 0.400. The second-order valence-corrected chi connectivity index (χ2v) is 6.50. The molecule has 0 saturated heterocycles. The molecule has 0 unspecified atom stereocenters. The number of aliphatic hydroxyl groups is 1. The van der Waals surface area contributed by atoms with Crippen molar-refractivity contribution in [3.63, 3.8) is 0 Å². The van der Waals surface area contributed by atoms with Crippen LogP contribution in [0.25, 0.3) is 5.57 Å². The number of carbonyl (C=O) groups excluding carboxylic acids is 1. The second-order valence-electron chi connectivity index (χ2n) is 6.50. The summed E-state index contributed by atoms with van der Waals surface area (Å²) in [5.74, 6) is 5.22. The molecular formula is C20H23NO4. The van der Waals surface area contributed by atoms with Crippen molar-refractivity contribution in [1.29, 1.82) is 0 Å². The molecule has 0 radical (unpaired) electrons. The van der Waals surface area contributed by atoms with Crippen molar-refractivity contribution in [2.75, 3.05) is 6.61 Å². The van der Waals surface area contributed by atoms with E-state index in [1.54, 1.807) is 33.0 Å². The van der Waals surface area contributed by atoms with Crippen LogP contribution in [0.3, 0.4) is 0 Å². The van der Waals surface area contributed by atoms with Crippen LogP contribution in [0.2, 0.25) is 0 Å². The Morgan fingerprint density at radius 3 is 2.76 bits per heavy atom. The minimum atomic E-state index is -1.19. The molecule has 1 aliphatic carbocycles. The summed E-state index contributed by atoms with van der Waals surface area (Å²) in [7, 11) is 0. The lowest BCUT2D eigenvalue weighted by Crippen LogP contribution is -2.25. The van der Waals surface area contributed by atoms with Gasteiger partial charge in [-0.1, -0.05) is 23.5 Å². The standard InChI is InChI=1S/C20H23NO4/c1-6-10-21-12-14(8-9-20(4,5)24)17-15(18(21)22)11-13(3)16(17)19(23)25-7-2/h6,12,24H,1,7,10-11H2,2-5H3. The monoisotopic (exact) mass is 341 g/mol. The summed E-state index contributed by atoms with van der Waals surface area (Å²) in [5, 5.41) is 9.90. The van der Waals surface area contributed by atoms with Gasteiger partial charge in [0, 0.05) is 35.9 Å². The van der Waals surface area contributed by atoms with E-state index in [9.17, 15) is 14.7 Å². The number of nitrogens with zero attached hydrogens (tertiary/aromatic N) is 1. The van der Waals surface area contributed by atoms with Crippen LogP contribution in [0.1, 0.15) is 44.4 Å². The van der Waals surface area contributed by atoms with Crippen molar-refractivity contribution < 1.29 is 14.6 Å². The molecule has 0 saturated carbocycles. The Morgan fingerprint density at radius 2 is 2.20 bits per heavy atom. The summed E-state index contributed by atoms with van der Waals surface area (Å²) in [5.41, 5.74) is 1.42. The number of fused-ring (bicyclic) bond motifs is 1. The van der Waals surface area contributed by atoms with Crippen LogP contribution in [0, 0.1) is 11.8 Å². The van der Waals surface area contributed by atoms with E-state index in [0.717, 1.165) is 5.57 Å². The molecule has 5 heteroatoms. The highest BCUT2D eigenvalue weighted by Gasteiger charge is 2.30. The number of allylic oxidation sites excluding steroid dienone is 2. The molecule has 1 aromatic heterocycles. The van der Waals surface area contributed by atoms with Gasteiger partial charge in [0.2, 0.25) is 0 Å². The minimum absolute atomic E-state index is 0.164. The first-order valence-corrected chi connectivity index (χ1v) is 8.19. The Labute approximate surface area is 147 Å². The molecule has 2 rings (SSSR count). The SMILES string of the molecule is C=CCn1cc(C#CC(C)(C)O)c2c(c1=O)CC(C)=C2C(=O)OCC. The minimum Gasteiger partial charge on any atom is -0.462 e. The Morgan fingerprint density at radius 1 is 1.52 bits per heavy atom. The molecule has 132 valence electrons. The number of aromatic nitrogens is 1. The number of rotatable bonds is 4. The van der Waals surface area contributed by atoms with E-state index in [4.69, 9.17) is 4.74 Å². The Balaban J connectivity index is 2.74. The van der Waals surface area contributed by atoms with E-state index >= 15 is 0 Å². The average molecular weight is 341 g/mol. The van der Waals surface area contributed by atoms with Gasteiger partial charge in [0.05, 0.1) is 12.2 Å². The van der Waals surface area contributed by atoms with Gasteiger partial charge in [0.15, 0.2) is 0 Å². The van der Waals surface area contributed by atoms with Crippen LogP contribution < -0.4 is 5.56 Å². The van der Waals surface area contributed by atoms with Crippen molar-refractivity contribution in [1.82, 2.24) is 4.57 Å². The molecule has 1 N–H and O–H groups in total. The van der Waals surface area contributed by atoms with E-state index in [1.807, 2.05) is 6.92 Å². The van der Waals surface area contributed by atoms with Gasteiger partial charge in [0.25, 0.3) is 5.56 Å². The maximum absolute atomic E-state index is 12.7. The first kappa shape index (κ1) is 18.8. The highest BCUT2D eigenvalue weighted by atomic mass is 16.5. The first-order chi connectivity index (χ1) is 11.7. The van der Waals surface area contributed by atoms with Gasteiger partial charge < -0.3 is 14.4 Å². The van der Waals surface area contributed by atoms with E-state index < -0.39 is 11.6 Å². The summed E-state index contributed by atoms with van der Waals surface area (Å²) >= 11 is 0. The van der Waals surface area contributed by atoms with Crippen LogP contribution in [0.5, 0.6) is 0 Å². The molecule has 0 fully saturated rings. The maximum atomic E-state index is 12.7.